The van der Waals surface area contributed by atoms with Crippen LogP contribution in [0.15, 0.2) is 65.6 Å². The number of nitrogens with zero attached hydrogens (tertiary/aromatic N) is 1. The number of hydrogen-bond donors (Lipinski definition) is 1. The Hall–Kier alpha value is -2.27. The van der Waals surface area contributed by atoms with Gasteiger partial charge in [0.25, 0.3) is 11.5 Å². The van der Waals surface area contributed by atoms with Gasteiger partial charge in [-0.15, -0.1) is 0 Å². The first-order chi connectivity index (χ1) is 12.4. The number of aromatic nitrogens is 1. The van der Waals surface area contributed by atoms with Crippen molar-refractivity contribution < 1.29 is 4.79 Å². The summed E-state index contributed by atoms with van der Waals surface area (Å²) in [7, 11) is 0. The predicted octanol–water partition coefficient (Wildman–Crippen LogP) is 5.11. The topological polar surface area (TPSA) is 51.1 Å². The molecule has 0 atom stereocenters. The summed E-state index contributed by atoms with van der Waals surface area (Å²) in [5, 5.41) is 3.94. The number of anilines is 1. The Balaban J connectivity index is 1.85. The molecule has 2 aromatic carbocycles. The van der Waals surface area contributed by atoms with E-state index in [0.29, 0.717) is 27.3 Å². The SMILES string of the molecule is O=C(Nc1ccc(Cl)c(Cl)c1)c1cccn(Cc2cccc(Cl)c2)c1=O. The van der Waals surface area contributed by atoms with Gasteiger partial charge in [-0.25, -0.2) is 0 Å². The molecule has 0 aliphatic carbocycles. The van der Waals surface area contributed by atoms with E-state index in [0.717, 1.165) is 5.56 Å². The minimum absolute atomic E-state index is 0.0283. The third kappa shape index (κ3) is 4.28. The molecule has 3 aromatic rings. The average Bonchev–Trinajstić information content (AvgIpc) is 2.60. The van der Waals surface area contributed by atoms with Gasteiger partial charge in [0.05, 0.1) is 16.6 Å². The molecule has 0 radical (unpaired) electrons. The van der Waals surface area contributed by atoms with Crippen LogP contribution in [0.4, 0.5) is 5.69 Å². The smallest absolute Gasteiger partial charge is 0.263 e. The summed E-state index contributed by atoms with van der Waals surface area (Å²) in [5.41, 5.74) is 0.946. The molecular formula is C19H13Cl3N2O2. The lowest BCUT2D eigenvalue weighted by Gasteiger charge is -2.10. The van der Waals surface area contributed by atoms with Crippen LogP contribution in [0.2, 0.25) is 15.1 Å². The van der Waals surface area contributed by atoms with Crippen LogP contribution < -0.4 is 10.9 Å². The number of rotatable bonds is 4. The highest BCUT2D eigenvalue weighted by Crippen LogP contribution is 2.25. The second kappa shape index (κ2) is 7.96. The Labute approximate surface area is 164 Å². The van der Waals surface area contributed by atoms with Gasteiger partial charge in [0.15, 0.2) is 0 Å². The molecule has 4 nitrogen and oxygen atoms in total. The molecule has 0 unspecified atom stereocenters. The molecule has 0 bridgehead atoms. The fraction of sp³-hybridized carbons (Fsp3) is 0.0526. The van der Waals surface area contributed by atoms with Crippen molar-refractivity contribution in [1.29, 1.82) is 0 Å². The Kier molecular flexibility index (Phi) is 5.67. The van der Waals surface area contributed by atoms with Crippen LogP contribution in [-0.2, 0) is 6.54 Å². The molecule has 0 aliphatic rings. The summed E-state index contributed by atoms with van der Waals surface area (Å²) >= 11 is 17.8. The lowest BCUT2D eigenvalue weighted by molar-refractivity contribution is 0.102. The molecule has 1 aromatic heterocycles. The van der Waals surface area contributed by atoms with Crippen molar-refractivity contribution in [3.8, 4) is 0 Å². The van der Waals surface area contributed by atoms with Gasteiger partial charge in [-0.3, -0.25) is 9.59 Å². The van der Waals surface area contributed by atoms with Crippen LogP contribution in [0.3, 0.4) is 0 Å². The lowest BCUT2D eigenvalue weighted by Crippen LogP contribution is -2.29. The third-order valence-electron chi connectivity index (χ3n) is 3.68. The molecule has 1 heterocycles. The average molecular weight is 408 g/mol. The number of hydrogen-bond acceptors (Lipinski definition) is 2. The van der Waals surface area contributed by atoms with E-state index < -0.39 is 11.5 Å². The summed E-state index contributed by atoms with van der Waals surface area (Å²) < 4.78 is 1.45. The molecule has 1 amide bonds. The number of halogens is 3. The van der Waals surface area contributed by atoms with Crippen molar-refractivity contribution in [1.82, 2.24) is 4.57 Å². The first-order valence-corrected chi connectivity index (χ1v) is 8.78. The van der Waals surface area contributed by atoms with Crippen LogP contribution in [0.5, 0.6) is 0 Å². The maximum absolute atomic E-state index is 12.6. The number of amides is 1. The molecular weight excluding hydrogens is 395 g/mol. The Morgan fingerprint density at radius 1 is 0.962 bits per heavy atom. The van der Waals surface area contributed by atoms with E-state index in [1.165, 1.54) is 16.7 Å². The van der Waals surface area contributed by atoms with Crippen molar-refractivity contribution in [3.05, 3.63) is 97.3 Å². The van der Waals surface area contributed by atoms with Gasteiger partial charge in [0, 0.05) is 16.9 Å². The van der Waals surface area contributed by atoms with Gasteiger partial charge in [-0.2, -0.15) is 0 Å². The summed E-state index contributed by atoms with van der Waals surface area (Å²) in [6.07, 6.45) is 1.62. The minimum atomic E-state index is -0.520. The summed E-state index contributed by atoms with van der Waals surface area (Å²) in [4.78, 5) is 25.1. The monoisotopic (exact) mass is 406 g/mol. The van der Waals surface area contributed by atoms with E-state index in [-0.39, 0.29) is 5.56 Å². The molecule has 0 aliphatic heterocycles. The van der Waals surface area contributed by atoms with Crippen LogP contribution in [0.1, 0.15) is 15.9 Å². The van der Waals surface area contributed by atoms with Crippen molar-refractivity contribution in [2.75, 3.05) is 5.32 Å². The molecule has 1 N–H and O–H groups in total. The summed E-state index contributed by atoms with van der Waals surface area (Å²) in [6, 6.07) is 15.0. The van der Waals surface area contributed by atoms with Crippen molar-refractivity contribution in [3.63, 3.8) is 0 Å². The van der Waals surface area contributed by atoms with Crippen molar-refractivity contribution in [2.45, 2.75) is 6.54 Å². The van der Waals surface area contributed by atoms with E-state index in [4.69, 9.17) is 34.8 Å². The molecule has 0 saturated carbocycles. The molecule has 3 rings (SSSR count). The molecule has 132 valence electrons. The zero-order valence-electron chi connectivity index (χ0n) is 13.4. The first kappa shape index (κ1) is 18.5. The fourth-order valence-electron chi connectivity index (χ4n) is 2.44. The highest BCUT2D eigenvalue weighted by atomic mass is 35.5. The van der Waals surface area contributed by atoms with Gasteiger partial charge < -0.3 is 9.88 Å². The van der Waals surface area contributed by atoms with Crippen LogP contribution >= 0.6 is 34.8 Å². The van der Waals surface area contributed by atoms with Crippen molar-refractivity contribution in [2.24, 2.45) is 0 Å². The zero-order chi connectivity index (χ0) is 18.7. The maximum Gasteiger partial charge on any atom is 0.263 e. The van der Waals surface area contributed by atoms with Crippen LogP contribution in [-0.4, -0.2) is 10.5 Å². The largest absolute Gasteiger partial charge is 0.322 e. The quantitative estimate of drug-likeness (QED) is 0.653. The predicted molar refractivity (Wildman–Crippen MR) is 106 cm³/mol. The fourth-order valence-corrected chi connectivity index (χ4v) is 2.95. The van der Waals surface area contributed by atoms with Gasteiger partial charge in [0.1, 0.15) is 5.56 Å². The van der Waals surface area contributed by atoms with E-state index >= 15 is 0 Å². The van der Waals surface area contributed by atoms with Gasteiger partial charge in [-0.05, 0) is 48.0 Å². The van der Waals surface area contributed by atoms with Crippen molar-refractivity contribution >= 4 is 46.4 Å². The highest BCUT2D eigenvalue weighted by Gasteiger charge is 2.13. The number of carbonyl (C=O) groups excluding carboxylic acids is 1. The molecule has 0 saturated heterocycles. The standard InChI is InChI=1S/C19H13Cl3N2O2/c20-13-4-1-3-12(9-13)11-24-8-2-5-15(19(24)26)18(25)23-14-6-7-16(21)17(22)10-14/h1-10H,11H2,(H,23,25). The molecule has 0 spiro atoms. The normalized spacial score (nSPS) is 10.6. The van der Waals surface area contributed by atoms with Gasteiger partial charge in [-0.1, -0.05) is 46.9 Å². The second-order valence-corrected chi connectivity index (χ2v) is 6.82. The van der Waals surface area contributed by atoms with Gasteiger partial charge >= 0.3 is 0 Å². The second-order valence-electron chi connectivity index (χ2n) is 5.57. The molecule has 0 fully saturated rings. The Bertz CT molecular complexity index is 1030. The number of pyridine rings is 1. The summed E-state index contributed by atoms with van der Waals surface area (Å²) in [6.45, 7) is 0.313. The zero-order valence-corrected chi connectivity index (χ0v) is 15.6. The van der Waals surface area contributed by atoms with E-state index in [2.05, 4.69) is 5.32 Å². The van der Waals surface area contributed by atoms with Crippen LogP contribution in [0.25, 0.3) is 0 Å². The van der Waals surface area contributed by atoms with E-state index in [1.807, 2.05) is 12.1 Å². The maximum atomic E-state index is 12.6. The van der Waals surface area contributed by atoms with E-state index in [9.17, 15) is 9.59 Å². The summed E-state index contributed by atoms with van der Waals surface area (Å²) in [5.74, 6) is -0.520. The van der Waals surface area contributed by atoms with Crippen LogP contribution in [0, 0.1) is 0 Å². The Morgan fingerprint density at radius 2 is 1.77 bits per heavy atom. The lowest BCUT2D eigenvalue weighted by atomic mass is 10.2. The Morgan fingerprint density at radius 3 is 2.50 bits per heavy atom. The highest BCUT2D eigenvalue weighted by molar-refractivity contribution is 6.42. The first-order valence-electron chi connectivity index (χ1n) is 7.64. The third-order valence-corrected chi connectivity index (χ3v) is 4.66. The van der Waals surface area contributed by atoms with Gasteiger partial charge in [0.2, 0.25) is 0 Å². The molecule has 7 heteroatoms. The number of nitrogens with one attached hydrogen (secondary N) is 1. The number of benzene rings is 2. The molecule has 26 heavy (non-hydrogen) atoms. The number of carbonyl (C=O) groups is 1. The van der Waals surface area contributed by atoms with E-state index in [1.54, 1.807) is 36.5 Å². The minimum Gasteiger partial charge on any atom is -0.322 e.